The van der Waals surface area contributed by atoms with E-state index in [1.54, 1.807) is 38.3 Å². The van der Waals surface area contributed by atoms with E-state index in [-0.39, 0.29) is 5.56 Å². The SMILES string of the molecule is COc1ccc(-n2c(O)c(C(C)=NCCc3c(C)[nH]c4ccc(OC)cc34)c(=O)[nH]c2=O)cc1. The van der Waals surface area contributed by atoms with Crippen LogP contribution < -0.4 is 20.7 Å². The molecule has 0 saturated heterocycles. The van der Waals surface area contributed by atoms with Gasteiger partial charge in [0.1, 0.15) is 17.1 Å². The van der Waals surface area contributed by atoms with Crippen LogP contribution in [0, 0.1) is 6.92 Å². The lowest BCUT2D eigenvalue weighted by Crippen LogP contribution is -2.32. The number of H-pyrrole nitrogens is 2. The van der Waals surface area contributed by atoms with E-state index in [0.29, 0.717) is 30.1 Å². The lowest BCUT2D eigenvalue weighted by molar-refractivity contribution is 0.414. The predicted molar refractivity (Wildman–Crippen MR) is 131 cm³/mol. The third-order valence-electron chi connectivity index (χ3n) is 5.82. The predicted octanol–water partition coefficient (Wildman–Crippen LogP) is 3.09. The van der Waals surface area contributed by atoms with Crippen LogP contribution in [0.5, 0.6) is 17.4 Å². The van der Waals surface area contributed by atoms with E-state index in [4.69, 9.17) is 9.47 Å². The lowest BCUT2D eigenvalue weighted by Gasteiger charge is -2.12. The smallest absolute Gasteiger partial charge is 0.335 e. The van der Waals surface area contributed by atoms with Crippen molar-refractivity contribution < 1.29 is 14.6 Å². The molecule has 0 aliphatic rings. The Bertz CT molecular complexity index is 1490. The molecular formula is C25H26N4O5. The maximum absolute atomic E-state index is 12.5. The highest BCUT2D eigenvalue weighted by Crippen LogP contribution is 2.27. The van der Waals surface area contributed by atoms with Gasteiger partial charge in [-0.25, -0.2) is 9.36 Å². The van der Waals surface area contributed by atoms with E-state index in [1.165, 1.54) is 7.11 Å². The molecule has 0 unspecified atom stereocenters. The third kappa shape index (κ3) is 4.19. The summed E-state index contributed by atoms with van der Waals surface area (Å²) in [6.45, 7) is 4.02. The molecule has 0 aliphatic carbocycles. The minimum Gasteiger partial charge on any atom is -0.497 e. The number of aryl methyl sites for hydroxylation is 1. The molecule has 2 heterocycles. The van der Waals surface area contributed by atoms with Crippen molar-refractivity contribution in [1.29, 1.82) is 0 Å². The molecule has 0 spiro atoms. The number of aromatic nitrogens is 3. The van der Waals surface area contributed by atoms with Gasteiger partial charge in [-0.2, -0.15) is 0 Å². The van der Waals surface area contributed by atoms with Crippen LogP contribution in [0.25, 0.3) is 16.6 Å². The second-order valence-corrected chi connectivity index (χ2v) is 7.85. The third-order valence-corrected chi connectivity index (χ3v) is 5.82. The largest absolute Gasteiger partial charge is 0.497 e. The first-order valence-corrected chi connectivity index (χ1v) is 10.7. The van der Waals surface area contributed by atoms with Crippen LogP contribution in [0.15, 0.2) is 57.0 Å². The maximum Gasteiger partial charge on any atom is 0.335 e. The van der Waals surface area contributed by atoms with Gasteiger partial charge in [0.15, 0.2) is 0 Å². The summed E-state index contributed by atoms with van der Waals surface area (Å²) in [5, 5.41) is 11.9. The summed E-state index contributed by atoms with van der Waals surface area (Å²) in [5.74, 6) is 0.904. The Labute approximate surface area is 195 Å². The average molecular weight is 463 g/mol. The molecule has 0 radical (unpaired) electrons. The summed E-state index contributed by atoms with van der Waals surface area (Å²) >= 11 is 0. The highest BCUT2D eigenvalue weighted by Gasteiger charge is 2.18. The molecule has 2 aromatic carbocycles. The molecule has 4 rings (SSSR count). The van der Waals surface area contributed by atoms with Crippen LogP contribution >= 0.6 is 0 Å². The highest BCUT2D eigenvalue weighted by atomic mass is 16.5. The molecule has 176 valence electrons. The van der Waals surface area contributed by atoms with Crippen molar-refractivity contribution in [2.24, 2.45) is 4.99 Å². The van der Waals surface area contributed by atoms with Crippen molar-refractivity contribution in [3.05, 3.63) is 80.1 Å². The number of methoxy groups -OCH3 is 2. The second-order valence-electron chi connectivity index (χ2n) is 7.85. The molecule has 34 heavy (non-hydrogen) atoms. The zero-order valence-corrected chi connectivity index (χ0v) is 19.4. The van der Waals surface area contributed by atoms with Crippen molar-refractivity contribution in [1.82, 2.24) is 14.5 Å². The Hall–Kier alpha value is -4.27. The quantitative estimate of drug-likeness (QED) is 0.365. The molecule has 0 aliphatic heterocycles. The standard InChI is InChI=1S/C25H26N4O5/c1-14-19(20-13-18(34-4)9-10-21(20)27-14)11-12-26-15(2)22-23(30)28-25(32)29(24(22)31)16-5-7-17(33-3)8-6-16/h5-10,13,27,31H,11-12H2,1-4H3,(H,28,30,32). The van der Waals surface area contributed by atoms with Crippen LogP contribution in [-0.2, 0) is 6.42 Å². The lowest BCUT2D eigenvalue weighted by atomic mass is 10.1. The molecule has 0 amide bonds. The van der Waals surface area contributed by atoms with E-state index in [1.807, 2.05) is 25.1 Å². The molecule has 0 bridgehead atoms. The van der Waals surface area contributed by atoms with Gasteiger partial charge in [-0.1, -0.05) is 0 Å². The number of benzene rings is 2. The number of hydrogen-bond acceptors (Lipinski definition) is 6. The first-order valence-electron chi connectivity index (χ1n) is 10.7. The van der Waals surface area contributed by atoms with Gasteiger partial charge >= 0.3 is 5.69 Å². The number of aromatic amines is 2. The van der Waals surface area contributed by atoms with Crippen molar-refractivity contribution >= 4 is 16.6 Å². The van der Waals surface area contributed by atoms with Crippen molar-refractivity contribution in [3.8, 4) is 23.1 Å². The van der Waals surface area contributed by atoms with E-state index >= 15 is 0 Å². The molecule has 0 fully saturated rings. The Kier molecular flexibility index (Phi) is 6.27. The van der Waals surface area contributed by atoms with E-state index in [0.717, 1.165) is 32.5 Å². The fourth-order valence-electron chi connectivity index (χ4n) is 4.05. The zero-order chi connectivity index (χ0) is 24.4. The Balaban J connectivity index is 1.65. The topological polar surface area (TPSA) is 122 Å². The van der Waals surface area contributed by atoms with Gasteiger partial charge in [0, 0.05) is 28.9 Å². The van der Waals surface area contributed by atoms with E-state index in [9.17, 15) is 14.7 Å². The number of fused-ring (bicyclic) bond motifs is 1. The first kappa shape index (κ1) is 22.9. The summed E-state index contributed by atoms with van der Waals surface area (Å²) in [4.78, 5) is 35.1. The van der Waals surface area contributed by atoms with Crippen molar-refractivity contribution in [3.63, 3.8) is 0 Å². The molecule has 9 nitrogen and oxygen atoms in total. The van der Waals surface area contributed by atoms with Gasteiger partial charge < -0.3 is 19.6 Å². The number of nitrogens with one attached hydrogen (secondary N) is 2. The van der Waals surface area contributed by atoms with Crippen molar-refractivity contribution in [2.45, 2.75) is 20.3 Å². The van der Waals surface area contributed by atoms with E-state index in [2.05, 4.69) is 15.0 Å². The second kappa shape index (κ2) is 9.30. The van der Waals surface area contributed by atoms with Crippen LogP contribution in [0.1, 0.15) is 23.7 Å². The summed E-state index contributed by atoms with van der Waals surface area (Å²) in [5.41, 5.74) is 2.38. The number of hydrogen-bond donors (Lipinski definition) is 3. The minimum absolute atomic E-state index is 0.0484. The van der Waals surface area contributed by atoms with Gasteiger partial charge in [-0.15, -0.1) is 0 Å². The molecular weight excluding hydrogens is 436 g/mol. The fourth-order valence-corrected chi connectivity index (χ4v) is 4.05. The fraction of sp³-hybridized carbons (Fsp3) is 0.240. The van der Waals surface area contributed by atoms with Crippen LogP contribution in [0.3, 0.4) is 0 Å². The van der Waals surface area contributed by atoms with Crippen LogP contribution in [0.4, 0.5) is 0 Å². The molecule has 3 N–H and O–H groups in total. The summed E-state index contributed by atoms with van der Waals surface area (Å²) in [6, 6.07) is 12.4. The van der Waals surface area contributed by atoms with Crippen LogP contribution in [-0.4, -0.2) is 46.1 Å². The average Bonchev–Trinajstić information content (AvgIpc) is 3.13. The minimum atomic E-state index is -0.743. The number of aromatic hydroxyl groups is 1. The number of ether oxygens (including phenoxy) is 2. The summed E-state index contributed by atoms with van der Waals surface area (Å²) < 4.78 is 11.5. The molecule has 2 aromatic heterocycles. The maximum atomic E-state index is 12.5. The van der Waals surface area contributed by atoms with Gasteiger partial charge in [0.05, 0.1) is 19.9 Å². The van der Waals surface area contributed by atoms with Gasteiger partial charge in [-0.3, -0.25) is 14.8 Å². The van der Waals surface area contributed by atoms with Gasteiger partial charge in [0.25, 0.3) is 5.56 Å². The highest BCUT2D eigenvalue weighted by molar-refractivity contribution is 6.00. The molecule has 0 atom stereocenters. The first-order chi connectivity index (χ1) is 16.3. The monoisotopic (exact) mass is 462 g/mol. The number of nitrogens with zero attached hydrogens (tertiary/aromatic N) is 2. The summed E-state index contributed by atoms with van der Waals surface area (Å²) in [6.07, 6.45) is 0.618. The normalized spacial score (nSPS) is 11.7. The number of aliphatic imine (C=N–C) groups is 1. The Morgan fingerprint density at radius 3 is 2.38 bits per heavy atom. The molecule has 0 saturated carbocycles. The Morgan fingerprint density at radius 2 is 1.71 bits per heavy atom. The van der Waals surface area contributed by atoms with Gasteiger partial charge in [0.2, 0.25) is 5.88 Å². The summed E-state index contributed by atoms with van der Waals surface area (Å²) in [7, 11) is 3.16. The molecule has 4 aromatic rings. The Morgan fingerprint density at radius 1 is 1.03 bits per heavy atom. The molecule has 9 heteroatoms. The van der Waals surface area contributed by atoms with Gasteiger partial charge in [-0.05, 0) is 68.3 Å². The van der Waals surface area contributed by atoms with Crippen LogP contribution in [0.2, 0.25) is 0 Å². The van der Waals surface area contributed by atoms with E-state index < -0.39 is 17.1 Å². The van der Waals surface area contributed by atoms with Crippen molar-refractivity contribution in [2.75, 3.05) is 20.8 Å². The zero-order valence-electron chi connectivity index (χ0n) is 19.4. The number of rotatable bonds is 7.